The number of methoxy groups -OCH3 is 1. The van der Waals surface area contributed by atoms with Crippen LogP contribution in [-0.4, -0.2) is 44.6 Å². The Kier molecular flexibility index (Phi) is 8.92. The quantitative estimate of drug-likeness (QED) is 0.531. The predicted octanol–water partition coefficient (Wildman–Crippen LogP) is 3.55. The van der Waals surface area contributed by atoms with Crippen LogP contribution < -0.4 is 10.1 Å². The zero-order valence-corrected chi connectivity index (χ0v) is 16.2. The topological polar surface area (TPSA) is 83.1 Å². The first kappa shape index (κ1) is 21.8. The molecule has 1 aromatic carbocycles. The minimum atomic E-state index is -0.575. The molecule has 1 rings (SSSR count). The fraction of sp³-hybridized carbons (Fsp3) is 0.579. The van der Waals surface area contributed by atoms with E-state index in [1.807, 2.05) is 0 Å². The standard InChI is InChI=1S/C19H29NO6/c1-6-24-17(21)13-25-16-10-9-15(12-14(16)8-7-11-23-5)20-18(22)26-19(2,3)4/h9-10,12H,6-8,11,13H2,1-5H3,(H,20,22). The van der Waals surface area contributed by atoms with Gasteiger partial charge in [-0.1, -0.05) is 0 Å². The number of hydrogen-bond donors (Lipinski definition) is 1. The van der Waals surface area contributed by atoms with Gasteiger partial charge in [0.25, 0.3) is 0 Å². The average Bonchev–Trinajstić information content (AvgIpc) is 2.52. The Labute approximate surface area is 155 Å². The van der Waals surface area contributed by atoms with E-state index in [2.05, 4.69) is 5.32 Å². The van der Waals surface area contributed by atoms with E-state index in [4.69, 9.17) is 18.9 Å². The number of carbonyl (C=O) groups excluding carboxylic acids is 2. The number of carbonyl (C=O) groups is 2. The first-order valence-electron chi connectivity index (χ1n) is 8.65. The van der Waals surface area contributed by atoms with Crippen LogP contribution in [0.1, 0.15) is 39.7 Å². The number of rotatable bonds is 9. The summed E-state index contributed by atoms with van der Waals surface area (Å²) in [5.41, 5.74) is 0.878. The molecule has 0 bridgehead atoms. The van der Waals surface area contributed by atoms with Crippen LogP contribution in [0.25, 0.3) is 0 Å². The van der Waals surface area contributed by atoms with Crippen LogP contribution in [0.4, 0.5) is 10.5 Å². The molecular weight excluding hydrogens is 338 g/mol. The fourth-order valence-corrected chi connectivity index (χ4v) is 2.16. The zero-order valence-electron chi connectivity index (χ0n) is 16.2. The SMILES string of the molecule is CCOC(=O)COc1ccc(NC(=O)OC(C)(C)C)cc1CCCOC. The molecule has 0 aromatic heterocycles. The maximum atomic E-state index is 11.9. The molecule has 0 heterocycles. The molecule has 7 heteroatoms. The van der Waals surface area contributed by atoms with Crippen molar-refractivity contribution in [3.8, 4) is 5.75 Å². The Hall–Kier alpha value is -2.28. The van der Waals surface area contributed by atoms with E-state index in [1.54, 1.807) is 53.0 Å². The highest BCUT2D eigenvalue weighted by atomic mass is 16.6. The van der Waals surface area contributed by atoms with Gasteiger partial charge in [-0.3, -0.25) is 5.32 Å². The highest BCUT2D eigenvalue weighted by molar-refractivity contribution is 5.85. The molecule has 146 valence electrons. The number of ether oxygens (including phenoxy) is 4. The summed E-state index contributed by atoms with van der Waals surface area (Å²) < 4.78 is 20.8. The van der Waals surface area contributed by atoms with Gasteiger partial charge in [0.2, 0.25) is 0 Å². The van der Waals surface area contributed by atoms with E-state index in [9.17, 15) is 9.59 Å². The highest BCUT2D eigenvalue weighted by Crippen LogP contribution is 2.25. The van der Waals surface area contributed by atoms with Crippen LogP contribution >= 0.6 is 0 Å². The smallest absolute Gasteiger partial charge is 0.412 e. The van der Waals surface area contributed by atoms with Gasteiger partial charge < -0.3 is 18.9 Å². The number of hydrogen-bond acceptors (Lipinski definition) is 6. The molecule has 0 unspecified atom stereocenters. The lowest BCUT2D eigenvalue weighted by molar-refractivity contribution is -0.145. The predicted molar refractivity (Wildman–Crippen MR) is 98.6 cm³/mol. The molecule has 1 amide bonds. The summed E-state index contributed by atoms with van der Waals surface area (Å²) in [6.07, 6.45) is 0.929. The number of anilines is 1. The number of benzene rings is 1. The molecule has 0 spiro atoms. The third-order valence-corrected chi connectivity index (χ3v) is 3.15. The maximum absolute atomic E-state index is 11.9. The molecule has 0 aliphatic carbocycles. The summed E-state index contributed by atoms with van der Waals surface area (Å²) in [6.45, 7) is 7.89. The molecule has 1 N–H and O–H groups in total. The third-order valence-electron chi connectivity index (χ3n) is 3.15. The van der Waals surface area contributed by atoms with Crippen molar-refractivity contribution in [3.63, 3.8) is 0 Å². The van der Waals surface area contributed by atoms with Gasteiger partial charge in [0.1, 0.15) is 11.4 Å². The van der Waals surface area contributed by atoms with Gasteiger partial charge in [-0.25, -0.2) is 9.59 Å². The minimum Gasteiger partial charge on any atom is -0.482 e. The molecule has 26 heavy (non-hydrogen) atoms. The Bertz CT molecular complexity index is 594. The van der Waals surface area contributed by atoms with Crippen LogP contribution in [0.2, 0.25) is 0 Å². The maximum Gasteiger partial charge on any atom is 0.412 e. The van der Waals surface area contributed by atoms with Gasteiger partial charge in [0, 0.05) is 19.4 Å². The van der Waals surface area contributed by atoms with E-state index in [1.165, 1.54) is 0 Å². The summed E-state index contributed by atoms with van der Waals surface area (Å²) >= 11 is 0. The monoisotopic (exact) mass is 367 g/mol. The van der Waals surface area contributed by atoms with Gasteiger partial charge in [-0.2, -0.15) is 0 Å². The van der Waals surface area contributed by atoms with Gasteiger partial charge in [-0.15, -0.1) is 0 Å². The lowest BCUT2D eigenvalue weighted by Crippen LogP contribution is -2.27. The summed E-state index contributed by atoms with van der Waals surface area (Å²) in [7, 11) is 1.64. The molecule has 0 aliphatic rings. The molecule has 7 nitrogen and oxygen atoms in total. The molecular formula is C19H29NO6. The van der Waals surface area contributed by atoms with Gasteiger partial charge in [0.05, 0.1) is 6.61 Å². The van der Waals surface area contributed by atoms with Gasteiger partial charge >= 0.3 is 12.1 Å². The number of nitrogens with one attached hydrogen (secondary N) is 1. The first-order chi connectivity index (χ1) is 12.2. The van der Waals surface area contributed by atoms with Crippen LogP contribution in [-0.2, 0) is 25.4 Å². The van der Waals surface area contributed by atoms with Gasteiger partial charge in [-0.05, 0) is 64.3 Å². The Balaban J connectivity index is 2.83. The second-order valence-electron chi connectivity index (χ2n) is 6.64. The lowest BCUT2D eigenvalue weighted by atomic mass is 10.1. The van der Waals surface area contributed by atoms with Crippen LogP contribution in [0.15, 0.2) is 18.2 Å². The molecule has 0 fully saturated rings. The second-order valence-corrected chi connectivity index (χ2v) is 6.64. The third kappa shape index (κ3) is 8.71. The van der Waals surface area contributed by atoms with Crippen molar-refractivity contribution in [2.45, 2.75) is 46.1 Å². The van der Waals surface area contributed by atoms with E-state index < -0.39 is 17.7 Å². The summed E-state index contributed by atoms with van der Waals surface area (Å²) in [5.74, 6) is 0.148. The van der Waals surface area contributed by atoms with Crippen molar-refractivity contribution < 1.29 is 28.5 Å². The summed E-state index contributed by atoms with van der Waals surface area (Å²) in [5, 5.41) is 2.70. The molecule has 0 aliphatic heterocycles. The number of amides is 1. The molecule has 0 saturated heterocycles. The molecule has 1 aromatic rings. The van der Waals surface area contributed by atoms with Crippen molar-refractivity contribution in [1.29, 1.82) is 0 Å². The first-order valence-corrected chi connectivity index (χ1v) is 8.65. The number of aryl methyl sites for hydroxylation is 1. The van der Waals surface area contributed by atoms with E-state index >= 15 is 0 Å². The van der Waals surface area contributed by atoms with E-state index in [0.717, 1.165) is 12.0 Å². The van der Waals surface area contributed by atoms with E-state index in [-0.39, 0.29) is 6.61 Å². The van der Waals surface area contributed by atoms with Crippen molar-refractivity contribution in [3.05, 3.63) is 23.8 Å². The summed E-state index contributed by atoms with van der Waals surface area (Å²) in [6, 6.07) is 5.22. The highest BCUT2D eigenvalue weighted by Gasteiger charge is 2.17. The fourth-order valence-electron chi connectivity index (χ4n) is 2.16. The van der Waals surface area contributed by atoms with Crippen LogP contribution in [0.5, 0.6) is 5.75 Å². The largest absolute Gasteiger partial charge is 0.482 e. The second kappa shape index (κ2) is 10.7. The van der Waals surface area contributed by atoms with Crippen molar-refractivity contribution >= 4 is 17.7 Å². The van der Waals surface area contributed by atoms with Crippen LogP contribution in [0.3, 0.4) is 0 Å². The van der Waals surface area contributed by atoms with Gasteiger partial charge in [0.15, 0.2) is 6.61 Å². The van der Waals surface area contributed by atoms with Crippen molar-refractivity contribution in [2.75, 3.05) is 32.2 Å². The summed E-state index contributed by atoms with van der Waals surface area (Å²) in [4.78, 5) is 23.4. The number of esters is 1. The van der Waals surface area contributed by atoms with E-state index in [0.29, 0.717) is 31.1 Å². The van der Waals surface area contributed by atoms with Crippen molar-refractivity contribution in [2.24, 2.45) is 0 Å². The Morgan fingerprint density at radius 1 is 1.19 bits per heavy atom. The Morgan fingerprint density at radius 2 is 1.92 bits per heavy atom. The minimum absolute atomic E-state index is 0.163. The zero-order chi connectivity index (χ0) is 19.6. The van der Waals surface area contributed by atoms with Crippen molar-refractivity contribution in [1.82, 2.24) is 0 Å². The molecule has 0 radical (unpaired) electrons. The molecule has 0 atom stereocenters. The van der Waals surface area contributed by atoms with Crippen LogP contribution in [0, 0.1) is 0 Å². The molecule has 0 saturated carbocycles. The Morgan fingerprint density at radius 3 is 2.54 bits per heavy atom. The lowest BCUT2D eigenvalue weighted by Gasteiger charge is -2.20. The normalized spacial score (nSPS) is 11.0. The average molecular weight is 367 g/mol.